The molecule has 1 atom stereocenters. The summed E-state index contributed by atoms with van der Waals surface area (Å²) < 4.78 is 5.07. The molecule has 13 heavy (non-hydrogen) atoms. The SMILES string of the molecule is COC(=O)[C@H](N)c1cccnc1Br. The molecule has 0 aromatic carbocycles. The predicted octanol–water partition coefficient (Wildman–Crippen LogP) is 1.02. The Morgan fingerprint density at radius 2 is 2.46 bits per heavy atom. The van der Waals surface area contributed by atoms with Crippen LogP contribution in [-0.2, 0) is 9.53 Å². The molecule has 70 valence electrons. The molecular weight excluding hydrogens is 236 g/mol. The molecule has 4 nitrogen and oxygen atoms in total. The van der Waals surface area contributed by atoms with Crippen molar-refractivity contribution in [3.05, 3.63) is 28.5 Å². The molecular formula is C8H9BrN2O2. The first kappa shape index (κ1) is 10.1. The molecule has 1 heterocycles. The van der Waals surface area contributed by atoms with Crippen LogP contribution < -0.4 is 5.73 Å². The number of carbonyl (C=O) groups excluding carboxylic acids is 1. The number of pyridine rings is 1. The summed E-state index contributed by atoms with van der Waals surface area (Å²) in [6.07, 6.45) is 1.61. The largest absolute Gasteiger partial charge is 0.468 e. The van der Waals surface area contributed by atoms with Crippen LogP contribution in [0.5, 0.6) is 0 Å². The average molecular weight is 245 g/mol. The van der Waals surface area contributed by atoms with Crippen molar-refractivity contribution in [2.75, 3.05) is 7.11 Å². The molecule has 2 N–H and O–H groups in total. The van der Waals surface area contributed by atoms with Crippen LogP contribution in [0.1, 0.15) is 11.6 Å². The molecule has 5 heteroatoms. The summed E-state index contributed by atoms with van der Waals surface area (Å²) in [7, 11) is 1.30. The zero-order chi connectivity index (χ0) is 9.84. The van der Waals surface area contributed by atoms with Crippen molar-refractivity contribution in [1.82, 2.24) is 4.98 Å². The third-order valence-electron chi connectivity index (χ3n) is 1.58. The minimum atomic E-state index is -0.784. The molecule has 1 rings (SSSR count). The lowest BCUT2D eigenvalue weighted by Crippen LogP contribution is -2.23. The van der Waals surface area contributed by atoms with Gasteiger partial charge in [0.1, 0.15) is 10.6 Å². The molecule has 0 bridgehead atoms. The van der Waals surface area contributed by atoms with E-state index in [1.165, 1.54) is 7.11 Å². The molecule has 0 unspecified atom stereocenters. The van der Waals surface area contributed by atoms with Crippen molar-refractivity contribution in [2.45, 2.75) is 6.04 Å². The van der Waals surface area contributed by atoms with Gasteiger partial charge in [0.15, 0.2) is 0 Å². The fraction of sp³-hybridized carbons (Fsp3) is 0.250. The van der Waals surface area contributed by atoms with Gasteiger partial charge in [-0.05, 0) is 22.0 Å². The molecule has 0 fully saturated rings. The number of methoxy groups -OCH3 is 1. The first-order valence-corrected chi connectivity index (χ1v) is 4.40. The number of hydrogen-bond acceptors (Lipinski definition) is 4. The van der Waals surface area contributed by atoms with Crippen LogP contribution in [0.3, 0.4) is 0 Å². The molecule has 1 aromatic rings. The molecule has 0 aliphatic rings. The van der Waals surface area contributed by atoms with Crippen molar-refractivity contribution in [3.63, 3.8) is 0 Å². The van der Waals surface area contributed by atoms with Gasteiger partial charge in [0.2, 0.25) is 0 Å². The zero-order valence-electron chi connectivity index (χ0n) is 7.03. The second-order valence-corrected chi connectivity index (χ2v) is 3.14. The summed E-state index contributed by atoms with van der Waals surface area (Å²) in [5.41, 5.74) is 6.23. The maximum absolute atomic E-state index is 11.1. The van der Waals surface area contributed by atoms with Gasteiger partial charge < -0.3 is 10.5 Å². The van der Waals surface area contributed by atoms with Gasteiger partial charge in [-0.1, -0.05) is 6.07 Å². The predicted molar refractivity (Wildman–Crippen MR) is 50.9 cm³/mol. The molecule has 0 aliphatic heterocycles. The van der Waals surface area contributed by atoms with E-state index >= 15 is 0 Å². The zero-order valence-corrected chi connectivity index (χ0v) is 8.61. The van der Waals surface area contributed by atoms with Gasteiger partial charge in [0.05, 0.1) is 7.11 Å². The van der Waals surface area contributed by atoms with E-state index in [4.69, 9.17) is 5.73 Å². The lowest BCUT2D eigenvalue weighted by Gasteiger charge is -2.09. The summed E-state index contributed by atoms with van der Waals surface area (Å²) in [5.74, 6) is -0.478. The molecule has 0 saturated carbocycles. The van der Waals surface area contributed by atoms with E-state index in [0.29, 0.717) is 10.2 Å². The summed E-state index contributed by atoms with van der Waals surface area (Å²) in [6.45, 7) is 0. The minimum Gasteiger partial charge on any atom is -0.468 e. The lowest BCUT2D eigenvalue weighted by molar-refractivity contribution is -0.142. The molecule has 0 amide bonds. The summed E-state index contributed by atoms with van der Waals surface area (Å²) in [5, 5.41) is 0. The van der Waals surface area contributed by atoms with Crippen molar-refractivity contribution in [2.24, 2.45) is 5.73 Å². The standard InChI is InChI=1S/C8H9BrN2O2/c1-13-8(12)6(10)5-3-2-4-11-7(5)9/h2-4,6H,10H2,1H3/t6-/m1/s1. The molecule has 0 saturated heterocycles. The Hall–Kier alpha value is -0.940. The Morgan fingerprint density at radius 3 is 3.00 bits per heavy atom. The average Bonchev–Trinajstić information content (AvgIpc) is 2.16. The highest BCUT2D eigenvalue weighted by molar-refractivity contribution is 9.10. The monoisotopic (exact) mass is 244 g/mol. The number of ether oxygens (including phenoxy) is 1. The van der Waals surface area contributed by atoms with Crippen molar-refractivity contribution in [3.8, 4) is 0 Å². The number of rotatable bonds is 2. The summed E-state index contributed by atoms with van der Waals surface area (Å²) in [4.78, 5) is 15.0. The maximum atomic E-state index is 11.1. The van der Waals surface area contributed by atoms with Gasteiger partial charge in [-0.3, -0.25) is 4.79 Å². The van der Waals surface area contributed by atoms with E-state index in [9.17, 15) is 4.79 Å². The highest BCUT2D eigenvalue weighted by Gasteiger charge is 2.18. The fourth-order valence-electron chi connectivity index (χ4n) is 0.884. The lowest BCUT2D eigenvalue weighted by atomic mass is 10.1. The van der Waals surface area contributed by atoms with Gasteiger partial charge in [-0.25, -0.2) is 4.98 Å². The third-order valence-corrected chi connectivity index (χ3v) is 2.24. The quantitative estimate of drug-likeness (QED) is 0.624. The Labute approximate surface area is 84.2 Å². The van der Waals surface area contributed by atoms with Crippen LogP contribution in [-0.4, -0.2) is 18.1 Å². The number of carbonyl (C=O) groups is 1. The van der Waals surface area contributed by atoms with Gasteiger partial charge >= 0.3 is 5.97 Å². The first-order valence-electron chi connectivity index (χ1n) is 3.60. The van der Waals surface area contributed by atoms with Crippen LogP contribution >= 0.6 is 15.9 Å². The van der Waals surface area contributed by atoms with Gasteiger partial charge in [0, 0.05) is 11.8 Å². The normalized spacial score (nSPS) is 12.2. The van der Waals surface area contributed by atoms with E-state index in [1.807, 2.05) is 0 Å². The van der Waals surface area contributed by atoms with Crippen LogP contribution in [0.2, 0.25) is 0 Å². The Morgan fingerprint density at radius 1 is 1.77 bits per heavy atom. The Balaban J connectivity index is 2.95. The van der Waals surface area contributed by atoms with E-state index in [2.05, 4.69) is 25.7 Å². The van der Waals surface area contributed by atoms with E-state index < -0.39 is 12.0 Å². The Bertz CT molecular complexity index is 317. The van der Waals surface area contributed by atoms with Crippen molar-refractivity contribution < 1.29 is 9.53 Å². The second kappa shape index (κ2) is 4.34. The fourth-order valence-corrected chi connectivity index (χ4v) is 1.38. The number of aromatic nitrogens is 1. The smallest absolute Gasteiger partial charge is 0.327 e. The Kier molecular flexibility index (Phi) is 3.39. The summed E-state index contributed by atoms with van der Waals surface area (Å²) in [6, 6.07) is 2.65. The van der Waals surface area contributed by atoms with Crippen LogP contribution in [0.25, 0.3) is 0 Å². The topological polar surface area (TPSA) is 65.2 Å². The molecule has 0 radical (unpaired) electrons. The van der Waals surface area contributed by atoms with Gasteiger partial charge in [-0.15, -0.1) is 0 Å². The van der Waals surface area contributed by atoms with Crippen LogP contribution in [0, 0.1) is 0 Å². The number of nitrogens with zero attached hydrogens (tertiary/aromatic N) is 1. The summed E-state index contributed by atoms with van der Waals surface area (Å²) >= 11 is 3.20. The minimum absolute atomic E-state index is 0.478. The van der Waals surface area contributed by atoms with Gasteiger partial charge in [0.25, 0.3) is 0 Å². The molecule has 1 aromatic heterocycles. The van der Waals surface area contributed by atoms with Crippen LogP contribution in [0.15, 0.2) is 22.9 Å². The first-order chi connectivity index (χ1) is 6.16. The number of nitrogens with two attached hydrogens (primary N) is 1. The molecule has 0 aliphatic carbocycles. The highest BCUT2D eigenvalue weighted by Crippen LogP contribution is 2.19. The van der Waals surface area contributed by atoms with Gasteiger partial charge in [-0.2, -0.15) is 0 Å². The number of hydrogen-bond donors (Lipinski definition) is 1. The highest BCUT2D eigenvalue weighted by atomic mass is 79.9. The maximum Gasteiger partial charge on any atom is 0.327 e. The second-order valence-electron chi connectivity index (χ2n) is 2.38. The van der Waals surface area contributed by atoms with E-state index in [0.717, 1.165) is 0 Å². The molecule has 0 spiro atoms. The van der Waals surface area contributed by atoms with E-state index in [1.54, 1.807) is 18.3 Å². The van der Waals surface area contributed by atoms with E-state index in [-0.39, 0.29) is 0 Å². The third kappa shape index (κ3) is 2.26. The van der Waals surface area contributed by atoms with Crippen LogP contribution in [0.4, 0.5) is 0 Å². The van der Waals surface area contributed by atoms with Crippen molar-refractivity contribution in [1.29, 1.82) is 0 Å². The number of esters is 1. The number of halogens is 1. The van der Waals surface area contributed by atoms with Crippen molar-refractivity contribution >= 4 is 21.9 Å².